The lowest BCUT2D eigenvalue weighted by Crippen LogP contribution is -2.26. The molecule has 1 amide bonds. The zero-order chi connectivity index (χ0) is 19.2. The molecule has 1 heterocycles. The van der Waals surface area contributed by atoms with Gasteiger partial charge < -0.3 is 15.0 Å². The van der Waals surface area contributed by atoms with E-state index in [2.05, 4.69) is 15.0 Å². The second-order valence-electron chi connectivity index (χ2n) is 6.21. The highest BCUT2D eigenvalue weighted by Gasteiger charge is 2.14. The number of aromatic amines is 1. The van der Waals surface area contributed by atoms with E-state index in [1.54, 1.807) is 12.1 Å². The van der Waals surface area contributed by atoms with Crippen molar-refractivity contribution in [3.8, 4) is 11.3 Å². The lowest BCUT2D eigenvalue weighted by Gasteiger charge is -2.07. The maximum Gasteiger partial charge on any atom is 0.307 e. The summed E-state index contributed by atoms with van der Waals surface area (Å²) in [5.41, 5.74) is 3.74. The molecule has 3 aromatic rings. The van der Waals surface area contributed by atoms with E-state index >= 15 is 0 Å². The van der Waals surface area contributed by atoms with E-state index in [1.165, 1.54) is 19.2 Å². The Hall–Kier alpha value is -3.15. The predicted molar refractivity (Wildman–Crippen MR) is 102 cm³/mol. The highest BCUT2D eigenvalue weighted by molar-refractivity contribution is 5.91. The summed E-state index contributed by atoms with van der Waals surface area (Å²) in [4.78, 5) is 26.6. The van der Waals surface area contributed by atoms with E-state index in [-0.39, 0.29) is 37.1 Å². The Morgan fingerprint density at radius 3 is 2.56 bits per heavy atom. The van der Waals surface area contributed by atoms with Gasteiger partial charge in [0.2, 0.25) is 5.91 Å². The lowest BCUT2D eigenvalue weighted by molar-refractivity contribution is -0.140. The zero-order valence-corrected chi connectivity index (χ0v) is 15.0. The van der Waals surface area contributed by atoms with Gasteiger partial charge in [0.15, 0.2) is 0 Å². The number of hydrogen-bond acceptors (Lipinski definition) is 3. The number of aromatic nitrogens is 1. The molecule has 5 nitrogen and oxygen atoms in total. The molecule has 2 N–H and O–H groups in total. The molecule has 140 valence electrons. The van der Waals surface area contributed by atoms with Crippen LogP contribution in [-0.4, -0.2) is 30.5 Å². The third kappa shape index (κ3) is 4.53. The number of H-pyrrole nitrogens is 1. The minimum atomic E-state index is -0.356. The highest BCUT2D eigenvalue weighted by atomic mass is 19.1. The second kappa shape index (κ2) is 8.49. The van der Waals surface area contributed by atoms with Gasteiger partial charge >= 0.3 is 5.97 Å². The number of carbonyl (C=O) groups excluding carboxylic acids is 2. The van der Waals surface area contributed by atoms with Crippen molar-refractivity contribution in [3.05, 3.63) is 59.9 Å². The fraction of sp³-hybridized carbons (Fsp3) is 0.238. The average molecular weight is 368 g/mol. The van der Waals surface area contributed by atoms with Gasteiger partial charge in [-0.2, -0.15) is 0 Å². The summed E-state index contributed by atoms with van der Waals surface area (Å²) < 4.78 is 17.8. The molecular weight excluding hydrogens is 347 g/mol. The third-order valence-corrected chi connectivity index (χ3v) is 4.43. The molecular formula is C21H21FN2O3. The molecule has 6 heteroatoms. The van der Waals surface area contributed by atoms with Crippen LogP contribution in [0.4, 0.5) is 4.39 Å². The maximum absolute atomic E-state index is 13.3. The van der Waals surface area contributed by atoms with Gasteiger partial charge in [-0.15, -0.1) is 0 Å². The molecule has 0 saturated carbocycles. The number of aryl methyl sites for hydroxylation is 1. The number of ether oxygens (including phenoxy) is 1. The molecule has 0 unspecified atom stereocenters. The van der Waals surface area contributed by atoms with Crippen LogP contribution in [0.15, 0.2) is 48.5 Å². The minimum Gasteiger partial charge on any atom is -0.469 e. The predicted octanol–water partition coefficient (Wildman–Crippen LogP) is 3.59. The van der Waals surface area contributed by atoms with Gasteiger partial charge in [0.25, 0.3) is 0 Å². The number of benzene rings is 2. The maximum atomic E-state index is 13.3. The topological polar surface area (TPSA) is 71.2 Å². The molecule has 3 rings (SSSR count). The zero-order valence-electron chi connectivity index (χ0n) is 15.0. The Balaban J connectivity index is 1.77. The summed E-state index contributed by atoms with van der Waals surface area (Å²) in [6, 6.07) is 14.2. The van der Waals surface area contributed by atoms with Gasteiger partial charge in [0, 0.05) is 29.6 Å². The summed E-state index contributed by atoms with van der Waals surface area (Å²) in [7, 11) is 1.32. The van der Waals surface area contributed by atoms with Crippen LogP contribution in [-0.2, 0) is 20.7 Å². The number of para-hydroxylation sites is 1. The van der Waals surface area contributed by atoms with E-state index in [4.69, 9.17) is 0 Å². The number of esters is 1. The third-order valence-electron chi connectivity index (χ3n) is 4.43. The lowest BCUT2D eigenvalue weighted by atomic mass is 10.0. The molecule has 0 bridgehead atoms. The monoisotopic (exact) mass is 368 g/mol. The fourth-order valence-corrected chi connectivity index (χ4v) is 3.06. The first-order valence-corrected chi connectivity index (χ1v) is 8.77. The van der Waals surface area contributed by atoms with Crippen LogP contribution >= 0.6 is 0 Å². The van der Waals surface area contributed by atoms with Crippen molar-refractivity contribution in [2.24, 2.45) is 0 Å². The fourth-order valence-electron chi connectivity index (χ4n) is 3.06. The molecule has 0 aliphatic carbocycles. The summed E-state index contributed by atoms with van der Waals surface area (Å²) in [6.45, 7) is 0.254. The van der Waals surface area contributed by atoms with E-state index in [0.717, 1.165) is 27.7 Å². The minimum absolute atomic E-state index is 0.130. The summed E-state index contributed by atoms with van der Waals surface area (Å²) in [6.07, 6.45) is 0.966. The quantitative estimate of drug-likeness (QED) is 0.626. The summed E-state index contributed by atoms with van der Waals surface area (Å²) in [5.74, 6) is -0.777. The van der Waals surface area contributed by atoms with Crippen LogP contribution in [0, 0.1) is 5.82 Å². The molecule has 0 saturated heterocycles. The van der Waals surface area contributed by atoms with Crippen molar-refractivity contribution in [1.82, 2.24) is 10.3 Å². The Labute approximate surface area is 156 Å². The number of amides is 1. The Kier molecular flexibility index (Phi) is 5.86. The van der Waals surface area contributed by atoms with Crippen LogP contribution in [0.3, 0.4) is 0 Å². The second-order valence-corrected chi connectivity index (χ2v) is 6.21. The number of hydrogen-bond donors (Lipinski definition) is 2. The first kappa shape index (κ1) is 18.6. The van der Waals surface area contributed by atoms with Crippen LogP contribution < -0.4 is 5.32 Å². The molecule has 2 aromatic carbocycles. The SMILES string of the molecule is COC(=O)CCNC(=O)CCc1c(-c2ccc(F)cc2)[nH]c2ccccc12. The first-order chi connectivity index (χ1) is 13.1. The van der Waals surface area contributed by atoms with Gasteiger partial charge in [0.05, 0.1) is 13.5 Å². The number of nitrogens with one attached hydrogen (secondary N) is 2. The standard InChI is InChI=1S/C21H21FN2O3/c1-27-20(26)12-13-23-19(25)11-10-17-16-4-2-3-5-18(16)24-21(17)14-6-8-15(22)9-7-14/h2-9,24H,10-13H2,1H3,(H,23,25). The molecule has 27 heavy (non-hydrogen) atoms. The molecule has 0 aliphatic heterocycles. The van der Waals surface area contributed by atoms with E-state index in [9.17, 15) is 14.0 Å². The molecule has 0 radical (unpaired) electrons. The number of methoxy groups -OCH3 is 1. The Bertz CT molecular complexity index is 948. The van der Waals surface area contributed by atoms with Gasteiger partial charge in [-0.3, -0.25) is 9.59 Å². The summed E-state index contributed by atoms with van der Waals surface area (Å²) in [5, 5.41) is 3.77. The van der Waals surface area contributed by atoms with Crippen molar-refractivity contribution in [3.63, 3.8) is 0 Å². The van der Waals surface area contributed by atoms with E-state index in [1.807, 2.05) is 24.3 Å². The van der Waals surface area contributed by atoms with Gasteiger partial charge in [-0.05, 0) is 47.9 Å². The molecule has 0 aliphatic rings. The van der Waals surface area contributed by atoms with Gasteiger partial charge in [0.1, 0.15) is 5.82 Å². The molecule has 0 spiro atoms. The largest absolute Gasteiger partial charge is 0.469 e. The normalized spacial score (nSPS) is 10.7. The first-order valence-electron chi connectivity index (χ1n) is 8.77. The molecule has 0 atom stereocenters. The van der Waals surface area contributed by atoms with Crippen molar-refractivity contribution in [1.29, 1.82) is 0 Å². The Morgan fingerprint density at radius 2 is 1.81 bits per heavy atom. The highest BCUT2D eigenvalue weighted by Crippen LogP contribution is 2.31. The number of fused-ring (bicyclic) bond motifs is 1. The van der Waals surface area contributed by atoms with Crippen molar-refractivity contribution in [2.75, 3.05) is 13.7 Å². The van der Waals surface area contributed by atoms with Crippen molar-refractivity contribution >= 4 is 22.8 Å². The Morgan fingerprint density at radius 1 is 1.07 bits per heavy atom. The van der Waals surface area contributed by atoms with Crippen LogP contribution in [0.5, 0.6) is 0 Å². The van der Waals surface area contributed by atoms with Crippen LogP contribution in [0.1, 0.15) is 18.4 Å². The smallest absolute Gasteiger partial charge is 0.307 e. The average Bonchev–Trinajstić information content (AvgIpc) is 3.05. The van der Waals surface area contributed by atoms with Crippen LogP contribution in [0.2, 0.25) is 0 Å². The number of carbonyl (C=O) groups is 2. The van der Waals surface area contributed by atoms with E-state index in [0.29, 0.717) is 6.42 Å². The van der Waals surface area contributed by atoms with E-state index < -0.39 is 0 Å². The van der Waals surface area contributed by atoms with Crippen LogP contribution in [0.25, 0.3) is 22.2 Å². The van der Waals surface area contributed by atoms with Gasteiger partial charge in [-0.1, -0.05) is 18.2 Å². The summed E-state index contributed by atoms with van der Waals surface area (Å²) >= 11 is 0. The van der Waals surface area contributed by atoms with Gasteiger partial charge in [-0.25, -0.2) is 4.39 Å². The molecule has 0 fully saturated rings. The number of halogens is 1. The molecule has 1 aromatic heterocycles. The van der Waals surface area contributed by atoms with Crippen molar-refractivity contribution in [2.45, 2.75) is 19.3 Å². The number of rotatable bonds is 7. The van der Waals surface area contributed by atoms with Crippen molar-refractivity contribution < 1.29 is 18.7 Å².